The molecule has 12 heteroatoms. The Bertz CT molecular complexity index is 939. The Morgan fingerprint density at radius 1 is 1.10 bits per heavy atom. The minimum Gasteiger partial charge on any atom is -0.481 e. The number of nitrogens with one attached hydrogen (secondary N) is 1. The van der Waals surface area contributed by atoms with Crippen molar-refractivity contribution >= 4 is 29.0 Å². The minimum atomic E-state index is -1.30. The van der Waals surface area contributed by atoms with Gasteiger partial charge in [0, 0.05) is 35.8 Å². The van der Waals surface area contributed by atoms with Crippen LogP contribution in [0.2, 0.25) is 0 Å². The number of nitro benzene ring substituents is 2. The molecular formula is C17H15CuN3O8. The molecule has 157 valence electrons. The normalized spacial score (nSPS) is 13.7. The van der Waals surface area contributed by atoms with Gasteiger partial charge in [-0.05, 0) is 24.1 Å². The molecule has 0 saturated heterocycles. The second kappa shape index (κ2) is 10.2. The van der Waals surface area contributed by atoms with E-state index in [-0.39, 0.29) is 40.3 Å². The summed E-state index contributed by atoms with van der Waals surface area (Å²) in [5, 5.41) is 43.6. The van der Waals surface area contributed by atoms with Gasteiger partial charge >= 0.3 is 11.9 Å². The molecule has 1 aromatic carbocycles. The first-order valence-electron chi connectivity index (χ1n) is 7.94. The maximum absolute atomic E-state index is 11.7. The number of benzene rings is 1. The van der Waals surface area contributed by atoms with Crippen molar-refractivity contribution in [1.29, 1.82) is 0 Å². The van der Waals surface area contributed by atoms with E-state index in [4.69, 9.17) is 5.11 Å². The summed E-state index contributed by atoms with van der Waals surface area (Å²) in [5.41, 5.74) is -0.943. The monoisotopic (exact) mass is 452 g/mol. The van der Waals surface area contributed by atoms with Gasteiger partial charge in [-0.2, -0.15) is 0 Å². The molecule has 1 atom stereocenters. The van der Waals surface area contributed by atoms with Crippen molar-refractivity contribution in [3.63, 3.8) is 0 Å². The molecule has 2 rings (SSSR count). The quantitative estimate of drug-likeness (QED) is 0.304. The average Bonchev–Trinajstić information content (AvgIpc) is 2.86. The maximum atomic E-state index is 11.7. The van der Waals surface area contributed by atoms with Gasteiger partial charge in [-0.15, -0.1) is 0 Å². The largest absolute Gasteiger partial charge is 0.481 e. The molecule has 0 bridgehead atoms. The zero-order valence-corrected chi connectivity index (χ0v) is 15.5. The number of aliphatic carboxylic acids is 2. The first-order chi connectivity index (χ1) is 13.2. The number of carboxylic acid groups (broad SMARTS) is 2. The summed E-state index contributed by atoms with van der Waals surface area (Å²) in [7, 11) is 0. The van der Waals surface area contributed by atoms with Gasteiger partial charge in [0.05, 0.1) is 33.1 Å². The smallest absolute Gasteiger partial charge is 0.311 e. The van der Waals surface area contributed by atoms with Crippen LogP contribution in [-0.2, 0) is 26.7 Å². The Hall–Kier alpha value is -3.50. The van der Waals surface area contributed by atoms with Gasteiger partial charge in [-0.1, -0.05) is 12.2 Å². The molecule has 1 heterocycles. The van der Waals surface area contributed by atoms with Gasteiger partial charge in [0.15, 0.2) is 0 Å². The molecule has 3 N–H and O–H groups in total. The van der Waals surface area contributed by atoms with Gasteiger partial charge in [0.1, 0.15) is 0 Å². The first kappa shape index (κ1) is 23.5. The molecule has 0 amide bonds. The molecule has 0 aromatic heterocycles. The Kier molecular flexibility index (Phi) is 8.24. The summed E-state index contributed by atoms with van der Waals surface area (Å²) in [4.78, 5) is 43.4. The third-order valence-corrected chi connectivity index (χ3v) is 3.98. The van der Waals surface area contributed by atoms with E-state index in [1.807, 2.05) is 0 Å². The van der Waals surface area contributed by atoms with Crippen molar-refractivity contribution in [3.8, 4) is 0 Å². The van der Waals surface area contributed by atoms with Crippen LogP contribution in [-0.4, -0.2) is 32.0 Å². The maximum Gasteiger partial charge on any atom is 0.311 e. The zero-order valence-electron chi connectivity index (χ0n) is 14.6. The Labute approximate surface area is 174 Å². The Morgan fingerprint density at radius 3 is 2.34 bits per heavy atom. The molecule has 0 aliphatic carbocycles. The summed E-state index contributed by atoms with van der Waals surface area (Å²) in [6.45, 7) is 0. The third-order valence-electron chi connectivity index (χ3n) is 3.98. The van der Waals surface area contributed by atoms with Gasteiger partial charge in [0.25, 0.3) is 11.4 Å². The molecule has 0 spiro atoms. The standard InChI is InChI=1S/C17H15N3O8.Cu/c21-15(22)7-6-12(17(23)24)11-3-1-2-8-18-16(11)13-5-4-10(19(25)26)9-14(13)20(27)28;/h1-5,8-9,12,18H,6-7H2,(H,21,22)(H,23,24);. The van der Waals surface area contributed by atoms with Gasteiger partial charge < -0.3 is 15.5 Å². The number of non-ortho nitro benzene ring substituents is 1. The van der Waals surface area contributed by atoms with Crippen LogP contribution in [0, 0.1) is 26.1 Å². The van der Waals surface area contributed by atoms with Crippen molar-refractivity contribution in [2.45, 2.75) is 12.8 Å². The number of nitro groups is 2. The summed E-state index contributed by atoms with van der Waals surface area (Å²) in [6.07, 6.45) is 5.20. The molecule has 1 aromatic rings. The van der Waals surface area contributed by atoms with E-state index in [9.17, 15) is 34.9 Å². The zero-order chi connectivity index (χ0) is 20.8. The minimum absolute atomic E-state index is 0. The number of rotatable bonds is 8. The molecule has 0 fully saturated rings. The fraction of sp³-hybridized carbons (Fsp3) is 0.176. The molecule has 1 aliphatic heterocycles. The number of hydrogen-bond donors (Lipinski definition) is 3. The number of nitrogens with zero attached hydrogens (tertiary/aromatic N) is 2. The number of allylic oxidation sites excluding steroid dienone is 3. The average molecular weight is 453 g/mol. The fourth-order valence-electron chi connectivity index (χ4n) is 2.71. The molecule has 11 nitrogen and oxygen atoms in total. The molecule has 29 heavy (non-hydrogen) atoms. The number of hydrogen-bond acceptors (Lipinski definition) is 7. The van der Waals surface area contributed by atoms with Crippen LogP contribution in [0.5, 0.6) is 0 Å². The summed E-state index contributed by atoms with van der Waals surface area (Å²) >= 11 is 0. The van der Waals surface area contributed by atoms with E-state index in [0.29, 0.717) is 0 Å². The van der Waals surface area contributed by atoms with E-state index in [0.717, 1.165) is 18.2 Å². The van der Waals surface area contributed by atoms with Crippen LogP contribution in [0.4, 0.5) is 11.4 Å². The molecule has 1 unspecified atom stereocenters. The van der Waals surface area contributed by atoms with Crippen LogP contribution in [0.1, 0.15) is 18.4 Å². The van der Waals surface area contributed by atoms with Crippen LogP contribution >= 0.6 is 0 Å². The van der Waals surface area contributed by atoms with Gasteiger partial charge in [-0.25, -0.2) is 0 Å². The summed E-state index contributed by atoms with van der Waals surface area (Å²) in [5.74, 6) is -3.74. The van der Waals surface area contributed by atoms with Crippen molar-refractivity contribution in [2.24, 2.45) is 5.92 Å². The Morgan fingerprint density at radius 2 is 1.79 bits per heavy atom. The fourth-order valence-corrected chi connectivity index (χ4v) is 2.71. The summed E-state index contributed by atoms with van der Waals surface area (Å²) < 4.78 is 0. The van der Waals surface area contributed by atoms with Crippen molar-refractivity contribution < 1.29 is 46.7 Å². The topological polar surface area (TPSA) is 173 Å². The van der Waals surface area contributed by atoms with E-state index in [2.05, 4.69) is 5.32 Å². The second-order valence-corrected chi connectivity index (χ2v) is 5.73. The van der Waals surface area contributed by atoms with Gasteiger partial charge in [-0.3, -0.25) is 29.8 Å². The molecular weight excluding hydrogens is 438 g/mol. The molecule has 1 aliphatic rings. The van der Waals surface area contributed by atoms with E-state index in [1.54, 1.807) is 0 Å². The number of carboxylic acids is 2. The molecule has 0 saturated carbocycles. The van der Waals surface area contributed by atoms with E-state index >= 15 is 0 Å². The van der Waals surface area contributed by atoms with Crippen LogP contribution in [0.25, 0.3) is 5.70 Å². The predicted octanol–water partition coefficient (Wildman–Crippen LogP) is 2.45. The number of carbonyl (C=O) groups is 2. The third kappa shape index (κ3) is 5.74. The Balaban J connectivity index is 0.00000420. The first-order valence-corrected chi connectivity index (χ1v) is 7.94. The van der Waals surface area contributed by atoms with E-state index < -0.39 is 45.5 Å². The van der Waals surface area contributed by atoms with Crippen LogP contribution < -0.4 is 5.32 Å². The van der Waals surface area contributed by atoms with Crippen molar-refractivity contribution in [1.82, 2.24) is 5.32 Å². The summed E-state index contributed by atoms with van der Waals surface area (Å²) in [6, 6.07) is 3.01. The van der Waals surface area contributed by atoms with Crippen LogP contribution in [0.15, 0.2) is 48.2 Å². The predicted molar refractivity (Wildman–Crippen MR) is 96.1 cm³/mol. The van der Waals surface area contributed by atoms with Crippen molar-refractivity contribution in [3.05, 3.63) is 74.0 Å². The second-order valence-electron chi connectivity index (χ2n) is 5.73. The van der Waals surface area contributed by atoms with Crippen LogP contribution in [0.3, 0.4) is 0 Å². The van der Waals surface area contributed by atoms with Gasteiger partial charge in [0.2, 0.25) is 0 Å². The van der Waals surface area contributed by atoms with E-state index in [1.165, 1.54) is 24.4 Å². The van der Waals surface area contributed by atoms with Crippen molar-refractivity contribution in [2.75, 3.05) is 0 Å². The molecule has 1 radical (unpaired) electrons. The SMILES string of the molecule is O=C(O)CCC(C(=O)O)C1=C(c2ccc([N+](=O)[O-])cc2[N+](=O)[O-])NC=CC=C1.[Cu].